The third kappa shape index (κ3) is 3.15. The van der Waals surface area contributed by atoms with E-state index in [9.17, 15) is 9.18 Å². The Bertz CT molecular complexity index is 872. The van der Waals surface area contributed by atoms with E-state index in [1.165, 1.54) is 22.1 Å². The quantitative estimate of drug-likeness (QED) is 0.711. The molecule has 2 aromatic heterocycles. The van der Waals surface area contributed by atoms with Crippen molar-refractivity contribution in [2.75, 3.05) is 32.1 Å². The summed E-state index contributed by atoms with van der Waals surface area (Å²) in [5.41, 5.74) is 0.763. The molecule has 0 saturated carbocycles. The number of hydrogen-bond acceptors (Lipinski definition) is 5. The van der Waals surface area contributed by atoms with Crippen molar-refractivity contribution >= 4 is 32.6 Å². The summed E-state index contributed by atoms with van der Waals surface area (Å²) in [7, 11) is 5.59. The van der Waals surface area contributed by atoms with Crippen LogP contribution >= 0.6 is 11.3 Å². The Morgan fingerprint density at radius 3 is 2.71 bits per heavy atom. The predicted octanol–water partition coefficient (Wildman–Crippen LogP) is 2.38. The van der Waals surface area contributed by atoms with E-state index < -0.39 is 0 Å². The number of rotatable bonds is 5. The molecule has 3 aromatic rings. The maximum atomic E-state index is 13.9. The number of carbonyl (C=O) groups excluding carboxylic acids is 1. The van der Waals surface area contributed by atoms with Gasteiger partial charge in [0.1, 0.15) is 17.0 Å². The first-order chi connectivity index (χ1) is 11.5. The molecule has 0 aliphatic rings. The molecule has 0 N–H and O–H groups in total. The van der Waals surface area contributed by atoms with E-state index >= 15 is 0 Å². The average molecular weight is 347 g/mol. The number of anilines is 1. The molecule has 126 valence electrons. The highest BCUT2D eigenvalue weighted by atomic mass is 32.1. The van der Waals surface area contributed by atoms with Crippen LogP contribution in [0.4, 0.5) is 9.52 Å². The van der Waals surface area contributed by atoms with Crippen molar-refractivity contribution in [3.05, 3.63) is 42.0 Å². The fourth-order valence-electron chi connectivity index (χ4n) is 2.32. The number of carbonyl (C=O) groups is 1. The number of halogens is 1. The number of benzene rings is 1. The van der Waals surface area contributed by atoms with Gasteiger partial charge in [-0.2, -0.15) is 5.10 Å². The number of hydrogen-bond donors (Lipinski definition) is 0. The zero-order valence-electron chi connectivity index (χ0n) is 13.7. The summed E-state index contributed by atoms with van der Waals surface area (Å²) in [6.45, 7) is 1.13. The smallest absolute Gasteiger partial charge is 0.278 e. The first-order valence-corrected chi connectivity index (χ1v) is 8.28. The lowest BCUT2D eigenvalue weighted by Gasteiger charge is -2.21. The zero-order valence-corrected chi connectivity index (χ0v) is 14.5. The normalized spacial score (nSPS) is 11.4. The summed E-state index contributed by atoms with van der Waals surface area (Å²) in [5, 5.41) is 4.54. The van der Waals surface area contributed by atoms with Crippen LogP contribution in [0.3, 0.4) is 0 Å². The van der Waals surface area contributed by atoms with Crippen molar-refractivity contribution in [3.63, 3.8) is 0 Å². The molecule has 6 nitrogen and oxygen atoms in total. The lowest BCUT2D eigenvalue weighted by atomic mass is 10.3. The molecular weight excluding hydrogens is 329 g/mol. The zero-order chi connectivity index (χ0) is 17.3. The maximum absolute atomic E-state index is 13.9. The molecule has 1 amide bonds. The van der Waals surface area contributed by atoms with Crippen LogP contribution in [-0.2, 0) is 7.05 Å². The summed E-state index contributed by atoms with van der Waals surface area (Å²) >= 11 is 1.31. The van der Waals surface area contributed by atoms with Crippen molar-refractivity contribution in [1.82, 2.24) is 19.7 Å². The lowest BCUT2D eigenvalue weighted by molar-refractivity contribution is 0.0976. The van der Waals surface area contributed by atoms with Crippen molar-refractivity contribution in [2.24, 2.45) is 7.05 Å². The summed E-state index contributed by atoms with van der Waals surface area (Å²) in [4.78, 5) is 20.8. The van der Waals surface area contributed by atoms with Crippen LogP contribution < -0.4 is 4.90 Å². The van der Waals surface area contributed by atoms with Gasteiger partial charge in [0.05, 0.1) is 4.70 Å². The standard InChI is InChI=1S/C16H18FN5OS/c1-20(2)9-10-22(15(23)12-7-8-18-21(12)3)16-19-14-11(17)5-4-6-13(14)24-16/h4-8H,9-10H2,1-3H3. The molecule has 0 saturated heterocycles. The summed E-state index contributed by atoms with van der Waals surface area (Å²) in [5.74, 6) is -0.577. The number of para-hydroxylation sites is 1. The Kier molecular flexibility index (Phi) is 4.59. The molecule has 3 rings (SSSR count). The van der Waals surface area contributed by atoms with Gasteiger partial charge in [-0.15, -0.1) is 0 Å². The lowest BCUT2D eigenvalue weighted by Crippen LogP contribution is -2.37. The first kappa shape index (κ1) is 16.5. The van der Waals surface area contributed by atoms with Gasteiger partial charge in [0, 0.05) is 26.3 Å². The Morgan fingerprint density at radius 1 is 1.29 bits per heavy atom. The monoisotopic (exact) mass is 347 g/mol. The molecule has 0 bridgehead atoms. The van der Waals surface area contributed by atoms with Crippen LogP contribution in [0.1, 0.15) is 10.5 Å². The Morgan fingerprint density at radius 2 is 2.08 bits per heavy atom. The van der Waals surface area contributed by atoms with Crippen LogP contribution in [-0.4, -0.2) is 52.8 Å². The molecule has 24 heavy (non-hydrogen) atoms. The van der Waals surface area contributed by atoms with E-state index in [0.29, 0.717) is 29.4 Å². The first-order valence-electron chi connectivity index (χ1n) is 7.47. The molecule has 8 heteroatoms. The second kappa shape index (κ2) is 6.66. The molecule has 0 unspecified atom stereocenters. The van der Waals surface area contributed by atoms with Gasteiger partial charge < -0.3 is 4.90 Å². The largest absolute Gasteiger partial charge is 0.308 e. The van der Waals surface area contributed by atoms with Crippen LogP contribution in [0.25, 0.3) is 10.2 Å². The van der Waals surface area contributed by atoms with Gasteiger partial charge in [0.2, 0.25) is 0 Å². The van der Waals surface area contributed by atoms with Gasteiger partial charge in [0.25, 0.3) is 5.91 Å². The molecule has 0 atom stereocenters. The van der Waals surface area contributed by atoms with E-state index in [1.54, 1.807) is 36.3 Å². The summed E-state index contributed by atoms with van der Waals surface area (Å²) in [6.07, 6.45) is 1.58. The van der Waals surface area contributed by atoms with Gasteiger partial charge in [-0.05, 0) is 32.3 Å². The molecule has 0 fully saturated rings. The fourth-order valence-corrected chi connectivity index (χ4v) is 3.33. The third-order valence-corrected chi connectivity index (χ3v) is 4.69. The van der Waals surface area contributed by atoms with E-state index in [-0.39, 0.29) is 11.7 Å². The molecule has 2 heterocycles. The Balaban J connectivity index is 2.01. The fraction of sp³-hybridized carbons (Fsp3) is 0.312. The van der Waals surface area contributed by atoms with Gasteiger partial charge in [0.15, 0.2) is 5.13 Å². The highest BCUT2D eigenvalue weighted by Gasteiger charge is 2.24. The number of likely N-dealkylation sites (N-methyl/N-ethyl adjacent to an activating group) is 1. The number of thiazole rings is 1. The predicted molar refractivity (Wildman–Crippen MR) is 93.0 cm³/mol. The maximum Gasteiger partial charge on any atom is 0.278 e. The third-order valence-electron chi connectivity index (χ3n) is 3.65. The number of fused-ring (bicyclic) bond motifs is 1. The van der Waals surface area contributed by atoms with Crippen molar-refractivity contribution < 1.29 is 9.18 Å². The topological polar surface area (TPSA) is 54.3 Å². The van der Waals surface area contributed by atoms with E-state index in [4.69, 9.17) is 0 Å². The summed E-state index contributed by atoms with van der Waals surface area (Å²) in [6, 6.07) is 6.49. The highest BCUT2D eigenvalue weighted by Crippen LogP contribution is 2.30. The van der Waals surface area contributed by atoms with Crippen molar-refractivity contribution in [1.29, 1.82) is 0 Å². The summed E-state index contributed by atoms with van der Waals surface area (Å²) < 4.78 is 16.2. The van der Waals surface area contributed by atoms with Crippen LogP contribution in [0.5, 0.6) is 0 Å². The van der Waals surface area contributed by atoms with E-state index in [0.717, 1.165) is 4.70 Å². The molecule has 0 aliphatic carbocycles. The number of nitrogens with zero attached hydrogens (tertiary/aromatic N) is 5. The number of aromatic nitrogens is 3. The Hall–Kier alpha value is -2.32. The number of aryl methyl sites for hydroxylation is 1. The minimum Gasteiger partial charge on any atom is -0.308 e. The van der Waals surface area contributed by atoms with Gasteiger partial charge in [-0.3, -0.25) is 14.4 Å². The Labute approximate surface area is 143 Å². The van der Waals surface area contributed by atoms with E-state index in [2.05, 4.69) is 10.1 Å². The second-order valence-corrected chi connectivity index (χ2v) is 6.69. The van der Waals surface area contributed by atoms with E-state index in [1.807, 2.05) is 19.0 Å². The van der Waals surface area contributed by atoms with Crippen LogP contribution in [0.2, 0.25) is 0 Å². The van der Waals surface area contributed by atoms with Crippen molar-refractivity contribution in [2.45, 2.75) is 0 Å². The van der Waals surface area contributed by atoms with Crippen molar-refractivity contribution in [3.8, 4) is 0 Å². The molecule has 0 radical (unpaired) electrons. The minimum atomic E-state index is -0.379. The highest BCUT2D eigenvalue weighted by molar-refractivity contribution is 7.22. The minimum absolute atomic E-state index is 0.198. The number of amides is 1. The molecule has 1 aromatic carbocycles. The van der Waals surface area contributed by atoms with Gasteiger partial charge in [-0.1, -0.05) is 17.4 Å². The average Bonchev–Trinajstić information content (AvgIpc) is 3.14. The SMILES string of the molecule is CN(C)CCN(C(=O)c1ccnn1C)c1nc2c(F)cccc2s1. The molecular formula is C16H18FN5OS. The second-order valence-electron chi connectivity index (χ2n) is 5.68. The molecule has 0 aliphatic heterocycles. The van der Waals surface area contributed by atoms with Crippen LogP contribution in [0.15, 0.2) is 30.5 Å². The van der Waals surface area contributed by atoms with Gasteiger partial charge in [-0.25, -0.2) is 9.37 Å². The van der Waals surface area contributed by atoms with Crippen LogP contribution in [0, 0.1) is 5.82 Å². The molecule has 0 spiro atoms. The van der Waals surface area contributed by atoms with Gasteiger partial charge >= 0.3 is 0 Å².